The van der Waals surface area contributed by atoms with Crippen LogP contribution in [0, 0.1) is 26.2 Å². The van der Waals surface area contributed by atoms with Gasteiger partial charge in [-0.2, -0.15) is 0 Å². The van der Waals surface area contributed by atoms with Crippen LogP contribution in [0.2, 0.25) is 0 Å². The lowest BCUT2D eigenvalue weighted by molar-refractivity contribution is -0.121. The third-order valence-electron chi connectivity index (χ3n) is 4.06. The summed E-state index contributed by atoms with van der Waals surface area (Å²) in [5.74, 6) is 0. The molecule has 1 aromatic rings. The minimum Gasteiger partial charge on any atom is -0.380 e. The second-order valence-electron chi connectivity index (χ2n) is 5.33. The normalized spacial score (nSPS) is 19.8. The Hall–Kier alpha value is -0.900. The van der Waals surface area contributed by atoms with Crippen LogP contribution in [0.3, 0.4) is 0 Å². The zero-order chi connectivity index (χ0) is 12.6. The van der Waals surface area contributed by atoms with E-state index < -0.39 is 0 Å². The van der Waals surface area contributed by atoms with E-state index in [-0.39, 0.29) is 11.5 Å². The molecule has 0 aromatic heterocycles. The fraction of sp³-hybridized carbons (Fsp3) is 0.571. The highest BCUT2D eigenvalue weighted by atomic mass is 16.5. The molecule has 1 aromatic carbocycles. The van der Waals surface area contributed by atoms with Crippen molar-refractivity contribution < 1.29 is 4.74 Å². The van der Waals surface area contributed by atoms with Crippen LogP contribution < -0.4 is 11.5 Å². The maximum atomic E-state index is 6.41. The summed E-state index contributed by atoms with van der Waals surface area (Å²) in [5, 5.41) is 0. The van der Waals surface area contributed by atoms with Crippen LogP contribution in [0.1, 0.15) is 28.3 Å². The predicted molar refractivity (Wildman–Crippen MR) is 69.9 cm³/mol. The molecule has 1 aliphatic rings. The van der Waals surface area contributed by atoms with E-state index in [1.54, 1.807) is 0 Å². The van der Waals surface area contributed by atoms with E-state index in [0.717, 1.165) is 0 Å². The van der Waals surface area contributed by atoms with Crippen LogP contribution in [0.5, 0.6) is 0 Å². The summed E-state index contributed by atoms with van der Waals surface area (Å²) in [4.78, 5) is 0. The number of hydrogen-bond acceptors (Lipinski definition) is 3. The van der Waals surface area contributed by atoms with Crippen LogP contribution in [0.15, 0.2) is 12.1 Å². The molecule has 1 unspecified atom stereocenters. The summed E-state index contributed by atoms with van der Waals surface area (Å²) in [6, 6.07) is 4.37. The van der Waals surface area contributed by atoms with Crippen molar-refractivity contribution in [3.05, 3.63) is 34.4 Å². The van der Waals surface area contributed by atoms with Gasteiger partial charge in [0.2, 0.25) is 0 Å². The number of aryl methyl sites for hydroxylation is 3. The molecule has 3 heteroatoms. The zero-order valence-corrected chi connectivity index (χ0v) is 10.9. The fourth-order valence-electron chi connectivity index (χ4n) is 2.44. The van der Waals surface area contributed by atoms with E-state index in [1.165, 1.54) is 22.3 Å². The van der Waals surface area contributed by atoms with Gasteiger partial charge >= 0.3 is 0 Å². The summed E-state index contributed by atoms with van der Waals surface area (Å²) >= 11 is 0. The van der Waals surface area contributed by atoms with Gasteiger partial charge in [-0.3, -0.25) is 0 Å². The van der Waals surface area contributed by atoms with Crippen molar-refractivity contribution in [3.8, 4) is 0 Å². The summed E-state index contributed by atoms with van der Waals surface area (Å²) < 4.78 is 5.31. The molecule has 0 spiro atoms. The minimum atomic E-state index is -0.0630. The lowest BCUT2D eigenvalue weighted by Crippen LogP contribution is -2.55. The molecule has 1 heterocycles. The van der Waals surface area contributed by atoms with Gasteiger partial charge in [0.15, 0.2) is 0 Å². The van der Waals surface area contributed by atoms with Gasteiger partial charge in [-0.25, -0.2) is 0 Å². The van der Waals surface area contributed by atoms with E-state index in [0.29, 0.717) is 19.8 Å². The van der Waals surface area contributed by atoms with E-state index >= 15 is 0 Å². The molecule has 4 N–H and O–H groups in total. The maximum absolute atomic E-state index is 6.41. The molecule has 17 heavy (non-hydrogen) atoms. The summed E-state index contributed by atoms with van der Waals surface area (Å²) in [6.45, 7) is 8.31. The van der Waals surface area contributed by atoms with Crippen molar-refractivity contribution in [1.29, 1.82) is 0 Å². The van der Waals surface area contributed by atoms with Crippen molar-refractivity contribution in [3.63, 3.8) is 0 Å². The molecule has 1 fully saturated rings. The molecule has 1 aliphatic heterocycles. The SMILES string of the molecule is Cc1cc(C)c(C(N)C2(CN)COC2)cc1C. The smallest absolute Gasteiger partial charge is 0.0575 e. The Morgan fingerprint density at radius 1 is 1.18 bits per heavy atom. The van der Waals surface area contributed by atoms with Crippen molar-refractivity contribution in [2.45, 2.75) is 26.8 Å². The first-order valence-corrected chi connectivity index (χ1v) is 6.11. The Kier molecular flexibility index (Phi) is 3.25. The quantitative estimate of drug-likeness (QED) is 0.835. The van der Waals surface area contributed by atoms with Gasteiger partial charge in [-0.15, -0.1) is 0 Å². The van der Waals surface area contributed by atoms with Crippen LogP contribution in [0.4, 0.5) is 0 Å². The predicted octanol–water partition coefficient (Wildman–Crippen LogP) is 1.59. The van der Waals surface area contributed by atoms with Crippen LogP contribution >= 0.6 is 0 Å². The van der Waals surface area contributed by atoms with Crippen molar-refractivity contribution in [2.75, 3.05) is 19.8 Å². The fourth-order valence-corrected chi connectivity index (χ4v) is 2.44. The van der Waals surface area contributed by atoms with E-state index in [2.05, 4.69) is 32.9 Å². The standard InChI is InChI=1S/C14H22N2O/c1-9-4-11(3)12(5-10(9)2)13(16)14(6-15)7-17-8-14/h4-5,13H,6-8,15-16H2,1-3H3. The third-order valence-corrected chi connectivity index (χ3v) is 4.06. The third kappa shape index (κ3) is 1.99. The molecule has 0 radical (unpaired) electrons. The van der Waals surface area contributed by atoms with Crippen LogP contribution in [-0.4, -0.2) is 19.8 Å². The molecule has 0 saturated carbocycles. The Bertz CT molecular complexity index is 419. The Balaban J connectivity index is 2.36. The number of benzene rings is 1. The Labute approximate surface area is 103 Å². The summed E-state index contributed by atoms with van der Waals surface area (Å²) in [7, 11) is 0. The van der Waals surface area contributed by atoms with Crippen LogP contribution in [0.25, 0.3) is 0 Å². The largest absolute Gasteiger partial charge is 0.380 e. The van der Waals surface area contributed by atoms with Gasteiger partial charge in [0, 0.05) is 18.0 Å². The monoisotopic (exact) mass is 234 g/mol. The summed E-state index contributed by atoms with van der Waals surface area (Å²) in [5.41, 5.74) is 17.3. The number of nitrogens with two attached hydrogens (primary N) is 2. The lowest BCUT2D eigenvalue weighted by atomic mass is 9.74. The van der Waals surface area contributed by atoms with E-state index in [4.69, 9.17) is 16.2 Å². The first-order chi connectivity index (χ1) is 8.00. The first kappa shape index (κ1) is 12.6. The van der Waals surface area contributed by atoms with Gasteiger partial charge in [0.05, 0.1) is 13.2 Å². The molecular formula is C14H22N2O. The molecule has 0 aliphatic carbocycles. The number of ether oxygens (including phenoxy) is 1. The molecule has 3 nitrogen and oxygen atoms in total. The van der Waals surface area contributed by atoms with Crippen molar-refractivity contribution in [1.82, 2.24) is 0 Å². The van der Waals surface area contributed by atoms with Gasteiger partial charge in [-0.05, 0) is 43.0 Å². The van der Waals surface area contributed by atoms with E-state index in [9.17, 15) is 0 Å². The molecule has 1 atom stereocenters. The van der Waals surface area contributed by atoms with Crippen molar-refractivity contribution >= 4 is 0 Å². The molecule has 0 amide bonds. The maximum Gasteiger partial charge on any atom is 0.0575 e. The van der Waals surface area contributed by atoms with Crippen molar-refractivity contribution in [2.24, 2.45) is 16.9 Å². The summed E-state index contributed by atoms with van der Waals surface area (Å²) in [6.07, 6.45) is 0. The first-order valence-electron chi connectivity index (χ1n) is 6.11. The molecule has 1 saturated heterocycles. The molecule has 2 rings (SSSR count). The van der Waals surface area contributed by atoms with Gasteiger partial charge in [0.1, 0.15) is 0 Å². The van der Waals surface area contributed by atoms with Gasteiger partial charge < -0.3 is 16.2 Å². The lowest BCUT2D eigenvalue weighted by Gasteiger charge is -2.45. The van der Waals surface area contributed by atoms with E-state index in [1.807, 2.05) is 0 Å². The van der Waals surface area contributed by atoms with Gasteiger partial charge in [-0.1, -0.05) is 12.1 Å². The second-order valence-corrected chi connectivity index (χ2v) is 5.33. The highest BCUT2D eigenvalue weighted by Gasteiger charge is 2.44. The second kappa shape index (κ2) is 4.41. The zero-order valence-electron chi connectivity index (χ0n) is 10.9. The highest BCUT2D eigenvalue weighted by molar-refractivity contribution is 5.39. The highest BCUT2D eigenvalue weighted by Crippen LogP contribution is 2.39. The Morgan fingerprint density at radius 2 is 1.76 bits per heavy atom. The number of hydrogen-bond donors (Lipinski definition) is 2. The Morgan fingerprint density at radius 3 is 2.24 bits per heavy atom. The van der Waals surface area contributed by atoms with Gasteiger partial charge in [0.25, 0.3) is 0 Å². The minimum absolute atomic E-state index is 0.0273. The molecular weight excluding hydrogens is 212 g/mol. The molecule has 0 bridgehead atoms. The number of rotatable bonds is 3. The van der Waals surface area contributed by atoms with Crippen LogP contribution in [-0.2, 0) is 4.74 Å². The topological polar surface area (TPSA) is 61.3 Å². The average molecular weight is 234 g/mol. The molecule has 94 valence electrons. The average Bonchev–Trinajstić information content (AvgIpc) is 2.22.